The summed E-state index contributed by atoms with van der Waals surface area (Å²) in [4.78, 5) is 17.0. The minimum absolute atomic E-state index is 0.397. The van der Waals surface area contributed by atoms with Crippen LogP contribution in [0.4, 0.5) is 0 Å². The van der Waals surface area contributed by atoms with Gasteiger partial charge in [-0.25, -0.2) is 0 Å². The molecule has 4 N–H and O–H groups in total. The summed E-state index contributed by atoms with van der Waals surface area (Å²) < 4.78 is 20.1. The molecule has 1 amide bonds. The Morgan fingerprint density at radius 3 is 1.79 bits per heavy atom. The fraction of sp³-hybridized carbons (Fsp3) is 0.182. The Hall–Kier alpha value is -2.82. The topological polar surface area (TPSA) is 134 Å². The summed E-state index contributed by atoms with van der Waals surface area (Å²) in [6.07, 6.45) is 0. The number of hydrogen-bond donors (Lipinski definition) is 3. The Labute approximate surface area is 210 Å². The third-order valence-electron chi connectivity index (χ3n) is 4.70. The molecule has 0 aliphatic carbocycles. The minimum atomic E-state index is -3.22. The Balaban J connectivity index is 0.000000202. The zero-order valence-electron chi connectivity index (χ0n) is 18.7. The number of hydrogen-bond acceptors (Lipinski definition) is 5. The molecule has 4 aromatic rings. The van der Waals surface area contributed by atoms with E-state index in [1.807, 2.05) is 38.1 Å². The Morgan fingerprint density at radius 2 is 1.38 bits per heavy atom. The van der Waals surface area contributed by atoms with Crippen LogP contribution in [0, 0.1) is 25.2 Å². The Kier molecular flexibility index (Phi) is 9.31. The van der Waals surface area contributed by atoms with Gasteiger partial charge in [-0.15, -0.1) is 0 Å². The van der Waals surface area contributed by atoms with E-state index in [4.69, 9.17) is 20.5 Å². The molecule has 2 heterocycles. The molecule has 2 aromatic carbocycles. The van der Waals surface area contributed by atoms with Crippen molar-refractivity contribution in [1.82, 2.24) is 9.97 Å². The molecule has 0 saturated heterocycles. The van der Waals surface area contributed by atoms with Crippen LogP contribution < -0.4 is 15.2 Å². The van der Waals surface area contributed by atoms with Crippen LogP contribution in [0.5, 0.6) is 11.5 Å². The first-order chi connectivity index (χ1) is 15.9. The van der Waals surface area contributed by atoms with E-state index in [9.17, 15) is 9.36 Å². The second kappa shape index (κ2) is 11.5. The lowest BCUT2D eigenvalue weighted by molar-refractivity contribution is 0.0996. The number of nitrogens with two attached hydrogens (primary N) is 1. The number of methoxy groups -OCH3 is 2. The fourth-order valence-corrected chi connectivity index (χ4v) is 3.31. The SMILES string of the molecule is COc1c(C)ccc2[nH]c(C#N)cc12.COc1c(C)ccc2[nH]c(C(N)=O)cc12.O=P(Cl)(Cl)Cl. The van der Waals surface area contributed by atoms with Crippen molar-refractivity contribution in [3.63, 3.8) is 0 Å². The van der Waals surface area contributed by atoms with Gasteiger partial charge >= 0.3 is 5.20 Å². The van der Waals surface area contributed by atoms with Gasteiger partial charge in [0.05, 0.1) is 19.7 Å². The third kappa shape index (κ3) is 7.09. The molecule has 2 aromatic heterocycles. The zero-order valence-corrected chi connectivity index (χ0v) is 21.9. The van der Waals surface area contributed by atoms with E-state index in [0.29, 0.717) is 11.4 Å². The molecule has 0 aliphatic heterocycles. The molecule has 0 aliphatic rings. The number of amides is 1. The van der Waals surface area contributed by atoms with Crippen LogP contribution in [0.1, 0.15) is 27.3 Å². The van der Waals surface area contributed by atoms with Gasteiger partial charge in [0.2, 0.25) is 0 Å². The lowest BCUT2D eigenvalue weighted by Gasteiger charge is -2.04. The summed E-state index contributed by atoms with van der Waals surface area (Å²) >= 11 is 13.8. The van der Waals surface area contributed by atoms with Crippen molar-refractivity contribution in [1.29, 1.82) is 5.26 Å². The first kappa shape index (κ1) is 27.4. The van der Waals surface area contributed by atoms with Gasteiger partial charge in [0.1, 0.15) is 29.0 Å². The van der Waals surface area contributed by atoms with Crippen molar-refractivity contribution in [2.24, 2.45) is 5.73 Å². The van der Waals surface area contributed by atoms with Crippen LogP contribution in [0.15, 0.2) is 36.4 Å². The number of nitrogens with zero attached hydrogens (tertiary/aromatic N) is 1. The van der Waals surface area contributed by atoms with Crippen LogP contribution in [0.2, 0.25) is 0 Å². The van der Waals surface area contributed by atoms with Crippen LogP contribution in [0.3, 0.4) is 0 Å². The van der Waals surface area contributed by atoms with E-state index in [0.717, 1.165) is 44.4 Å². The second-order valence-electron chi connectivity index (χ2n) is 6.99. The van der Waals surface area contributed by atoms with Gasteiger partial charge in [-0.3, -0.25) is 9.36 Å². The van der Waals surface area contributed by atoms with Gasteiger partial charge in [-0.2, -0.15) is 5.26 Å². The maximum atomic E-state index is 11.0. The lowest BCUT2D eigenvalue weighted by Crippen LogP contribution is -2.10. The van der Waals surface area contributed by atoms with Gasteiger partial charge in [0.25, 0.3) is 5.91 Å². The zero-order chi connectivity index (χ0) is 25.6. The molecule has 0 radical (unpaired) electrons. The van der Waals surface area contributed by atoms with Gasteiger partial charge < -0.3 is 25.2 Å². The predicted molar refractivity (Wildman–Crippen MR) is 138 cm³/mol. The Bertz CT molecular complexity index is 1410. The molecule has 0 unspecified atom stereocenters. The number of H-pyrrole nitrogens is 2. The number of aryl methyl sites for hydroxylation is 2. The minimum Gasteiger partial charge on any atom is -0.496 e. The number of nitrogens with one attached hydrogen (secondary N) is 2. The highest BCUT2D eigenvalue weighted by molar-refractivity contribution is 8.24. The van der Waals surface area contributed by atoms with Gasteiger partial charge in [0, 0.05) is 16.3 Å². The van der Waals surface area contributed by atoms with Crippen molar-refractivity contribution in [2.75, 3.05) is 14.2 Å². The molecule has 180 valence electrons. The standard InChI is InChI=1S/C11H12N2O2.C11H10N2O.Cl3OP/c1-6-3-4-8-7(10(6)15-2)5-9(13-8)11(12)14;1-7-3-4-10-9(11(7)14-2)5-8(6-12)13-10;1-5(2,3)4/h3-5,13H,1-2H3,(H2,12,14);3-5,13H,1-2H3;. The number of aromatic nitrogens is 2. The number of nitriles is 1. The molecule has 0 spiro atoms. The monoisotopic (exact) mass is 542 g/mol. The van der Waals surface area contributed by atoms with Crippen molar-refractivity contribution >= 4 is 66.6 Å². The van der Waals surface area contributed by atoms with Crippen molar-refractivity contribution in [3.8, 4) is 17.6 Å². The van der Waals surface area contributed by atoms with E-state index in [2.05, 4.69) is 49.8 Å². The summed E-state index contributed by atoms with van der Waals surface area (Å²) in [7, 11) is 3.25. The van der Waals surface area contributed by atoms with Crippen LogP contribution in [-0.4, -0.2) is 30.1 Å². The molecule has 0 saturated carbocycles. The number of primary amides is 1. The smallest absolute Gasteiger partial charge is 0.339 e. The van der Waals surface area contributed by atoms with Crippen LogP contribution in [-0.2, 0) is 4.57 Å². The molecule has 34 heavy (non-hydrogen) atoms. The second-order valence-corrected chi connectivity index (χ2v) is 13.6. The average Bonchev–Trinajstić information content (AvgIpc) is 3.37. The summed E-state index contributed by atoms with van der Waals surface area (Å²) in [5.74, 6) is 1.14. The molecule has 8 nitrogen and oxygen atoms in total. The molecular formula is C22H22Cl3N4O4P. The number of aromatic amines is 2. The summed E-state index contributed by atoms with van der Waals surface area (Å²) in [5.41, 5.74) is 10.0. The maximum absolute atomic E-state index is 11.0. The molecule has 0 fully saturated rings. The highest BCUT2D eigenvalue weighted by Gasteiger charge is 2.11. The van der Waals surface area contributed by atoms with E-state index >= 15 is 0 Å². The number of benzene rings is 2. The lowest BCUT2D eigenvalue weighted by atomic mass is 10.1. The molecule has 12 heteroatoms. The average molecular weight is 544 g/mol. The summed E-state index contributed by atoms with van der Waals surface area (Å²) in [5, 5.41) is 7.37. The normalized spacial score (nSPS) is 10.5. The molecular weight excluding hydrogens is 522 g/mol. The first-order valence-corrected chi connectivity index (χ1v) is 14.0. The third-order valence-corrected chi connectivity index (χ3v) is 4.70. The van der Waals surface area contributed by atoms with Crippen molar-refractivity contribution in [3.05, 3.63) is 58.9 Å². The van der Waals surface area contributed by atoms with Crippen LogP contribution in [0.25, 0.3) is 21.8 Å². The summed E-state index contributed by atoms with van der Waals surface area (Å²) in [6, 6.07) is 13.4. The van der Waals surface area contributed by atoms with E-state index in [1.54, 1.807) is 26.4 Å². The van der Waals surface area contributed by atoms with E-state index in [1.165, 1.54) is 0 Å². The number of rotatable bonds is 3. The number of carbonyl (C=O) groups excluding carboxylic acids is 1. The number of fused-ring (bicyclic) bond motifs is 2. The highest BCUT2D eigenvalue weighted by atomic mass is 36.0. The van der Waals surface area contributed by atoms with E-state index < -0.39 is 11.1 Å². The fourth-order valence-electron chi connectivity index (χ4n) is 3.31. The van der Waals surface area contributed by atoms with Gasteiger partial charge in [-0.1, -0.05) is 12.1 Å². The first-order valence-electron chi connectivity index (χ1n) is 9.61. The summed E-state index contributed by atoms with van der Waals surface area (Å²) in [6.45, 7) is 3.94. The van der Waals surface area contributed by atoms with Crippen LogP contribution >= 0.6 is 38.9 Å². The maximum Gasteiger partial charge on any atom is 0.339 e. The molecule has 4 rings (SSSR count). The number of ether oxygens (including phenoxy) is 2. The van der Waals surface area contributed by atoms with Crippen molar-refractivity contribution in [2.45, 2.75) is 13.8 Å². The molecule has 0 bridgehead atoms. The largest absolute Gasteiger partial charge is 0.496 e. The highest BCUT2D eigenvalue weighted by Crippen LogP contribution is 2.61. The van der Waals surface area contributed by atoms with Gasteiger partial charge in [0.15, 0.2) is 0 Å². The quantitative estimate of drug-likeness (QED) is 0.246. The predicted octanol–water partition coefficient (Wildman–Crippen LogP) is 6.75. The number of halogens is 3. The molecule has 0 atom stereocenters. The Morgan fingerprint density at radius 1 is 0.941 bits per heavy atom. The van der Waals surface area contributed by atoms with Crippen molar-refractivity contribution < 1.29 is 18.8 Å². The van der Waals surface area contributed by atoms with Gasteiger partial charge in [-0.05, 0) is 83.0 Å². The number of carbonyl (C=O) groups is 1. The van der Waals surface area contributed by atoms with E-state index in [-0.39, 0.29) is 0 Å².